The van der Waals surface area contributed by atoms with E-state index >= 15 is 0 Å². The second-order valence-electron chi connectivity index (χ2n) is 4.33. The lowest BCUT2D eigenvalue weighted by Crippen LogP contribution is -2.18. The third-order valence-electron chi connectivity index (χ3n) is 3.17. The lowest BCUT2D eigenvalue weighted by Gasteiger charge is -2.12. The highest BCUT2D eigenvalue weighted by atomic mass is 79.9. The van der Waals surface area contributed by atoms with Gasteiger partial charge in [0, 0.05) is 10.0 Å². The molecule has 1 saturated carbocycles. The molecule has 1 aliphatic carbocycles. The number of hydrogen-bond donors (Lipinski definition) is 1. The predicted molar refractivity (Wildman–Crippen MR) is 66.7 cm³/mol. The number of fused-ring (bicyclic) bond motifs is 1. The molecule has 15 heavy (non-hydrogen) atoms. The first kappa shape index (κ1) is 9.37. The minimum atomic E-state index is -0.0553. The second kappa shape index (κ2) is 3.06. The van der Waals surface area contributed by atoms with Gasteiger partial charge in [0.2, 0.25) is 0 Å². The van der Waals surface area contributed by atoms with Crippen molar-refractivity contribution in [2.75, 3.05) is 0 Å². The van der Waals surface area contributed by atoms with Gasteiger partial charge in [-0.25, -0.2) is 0 Å². The Labute approximate surface area is 97.4 Å². The largest absolute Gasteiger partial charge is 0.321 e. The average Bonchev–Trinajstić information content (AvgIpc) is 2.96. The molecule has 2 heteroatoms. The van der Waals surface area contributed by atoms with Crippen LogP contribution < -0.4 is 5.73 Å². The van der Waals surface area contributed by atoms with Gasteiger partial charge < -0.3 is 5.73 Å². The number of hydrogen-bond acceptors (Lipinski definition) is 1. The lowest BCUT2D eigenvalue weighted by molar-refractivity contribution is 0.748. The number of halogens is 1. The molecule has 0 heterocycles. The van der Waals surface area contributed by atoms with E-state index < -0.39 is 0 Å². The van der Waals surface area contributed by atoms with E-state index in [1.807, 2.05) is 0 Å². The summed E-state index contributed by atoms with van der Waals surface area (Å²) in [6, 6.07) is 12.8. The highest BCUT2D eigenvalue weighted by Crippen LogP contribution is 2.45. The molecule has 0 atom stereocenters. The maximum absolute atomic E-state index is 6.27. The molecule has 76 valence electrons. The Morgan fingerprint density at radius 3 is 2.67 bits per heavy atom. The van der Waals surface area contributed by atoms with Gasteiger partial charge in [0.1, 0.15) is 0 Å². The van der Waals surface area contributed by atoms with Gasteiger partial charge in [-0.1, -0.05) is 40.2 Å². The lowest BCUT2D eigenvalue weighted by atomic mass is 9.98. The minimum Gasteiger partial charge on any atom is -0.321 e. The van der Waals surface area contributed by atoms with E-state index in [1.54, 1.807) is 0 Å². The van der Waals surface area contributed by atoms with Gasteiger partial charge in [0.15, 0.2) is 0 Å². The second-order valence-corrected chi connectivity index (χ2v) is 5.24. The molecule has 0 unspecified atom stereocenters. The standard InChI is InChI=1S/C13H12BrN/c14-10-5-4-9-2-1-3-12(11(9)8-10)13(15)6-7-13/h1-5,8H,6-7,15H2. The van der Waals surface area contributed by atoms with Crippen molar-refractivity contribution in [3.63, 3.8) is 0 Å². The molecular weight excluding hydrogens is 250 g/mol. The summed E-state index contributed by atoms with van der Waals surface area (Å²) in [5, 5.41) is 2.55. The van der Waals surface area contributed by atoms with Gasteiger partial charge in [-0.2, -0.15) is 0 Å². The summed E-state index contributed by atoms with van der Waals surface area (Å²) in [5.74, 6) is 0. The highest BCUT2D eigenvalue weighted by molar-refractivity contribution is 9.10. The van der Waals surface area contributed by atoms with Gasteiger partial charge >= 0.3 is 0 Å². The first-order valence-electron chi connectivity index (χ1n) is 5.17. The van der Waals surface area contributed by atoms with E-state index in [1.165, 1.54) is 16.3 Å². The van der Waals surface area contributed by atoms with Crippen LogP contribution in [0.15, 0.2) is 40.9 Å². The molecule has 1 fully saturated rings. The van der Waals surface area contributed by atoms with E-state index in [-0.39, 0.29) is 5.54 Å². The van der Waals surface area contributed by atoms with Gasteiger partial charge in [0.05, 0.1) is 0 Å². The van der Waals surface area contributed by atoms with Crippen LogP contribution in [0.4, 0.5) is 0 Å². The quantitative estimate of drug-likeness (QED) is 0.835. The van der Waals surface area contributed by atoms with Gasteiger partial charge in [-0.3, -0.25) is 0 Å². The summed E-state index contributed by atoms with van der Waals surface area (Å²) in [5.41, 5.74) is 7.51. The molecule has 0 aromatic heterocycles. The Bertz CT molecular complexity index is 529. The molecule has 2 N–H and O–H groups in total. The molecule has 3 rings (SSSR count). The Morgan fingerprint density at radius 1 is 1.13 bits per heavy atom. The first-order chi connectivity index (χ1) is 7.19. The van der Waals surface area contributed by atoms with E-state index in [0.717, 1.165) is 17.3 Å². The first-order valence-corrected chi connectivity index (χ1v) is 5.96. The van der Waals surface area contributed by atoms with Gasteiger partial charge in [-0.15, -0.1) is 0 Å². The van der Waals surface area contributed by atoms with Crippen molar-refractivity contribution in [1.29, 1.82) is 0 Å². The van der Waals surface area contributed by atoms with Crippen LogP contribution >= 0.6 is 15.9 Å². The summed E-state index contributed by atoms with van der Waals surface area (Å²) < 4.78 is 1.12. The van der Waals surface area contributed by atoms with E-state index in [2.05, 4.69) is 52.3 Å². The fourth-order valence-electron chi connectivity index (χ4n) is 2.08. The van der Waals surface area contributed by atoms with Crippen molar-refractivity contribution in [3.8, 4) is 0 Å². The zero-order chi connectivity index (χ0) is 10.5. The monoisotopic (exact) mass is 261 g/mol. The fourth-order valence-corrected chi connectivity index (χ4v) is 2.44. The van der Waals surface area contributed by atoms with Crippen molar-refractivity contribution in [2.24, 2.45) is 5.73 Å². The van der Waals surface area contributed by atoms with Crippen LogP contribution in [0.2, 0.25) is 0 Å². The van der Waals surface area contributed by atoms with E-state index in [0.29, 0.717) is 0 Å². The number of benzene rings is 2. The summed E-state index contributed by atoms with van der Waals surface area (Å²) in [4.78, 5) is 0. The van der Waals surface area contributed by atoms with Gasteiger partial charge in [-0.05, 0) is 41.3 Å². The van der Waals surface area contributed by atoms with Gasteiger partial charge in [0.25, 0.3) is 0 Å². The summed E-state index contributed by atoms with van der Waals surface area (Å²) in [6.07, 6.45) is 2.22. The third-order valence-corrected chi connectivity index (χ3v) is 3.66. The van der Waals surface area contributed by atoms with Crippen LogP contribution in [-0.4, -0.2) is 0 Å². The molecule has 2 aromatic carbocycles. The zero-order valence-electron chi connectivity index (χ0n) is 8.33. The third kappa shape index (κ3) is 1.48. The van der Waals surface area contributed by atoms with Crippen LogP contribution in [0.1, 0.15) is 18.4 Å². The molecule has 0 aliphatic heterocycles. The van der Waals surface area contributed by atoms with E-state index in [4.69, 9.17) is 5.73 Å². The van der Waals surface area contributed by atoms with Crippen molar-refractivity contribution < 1.29 is 0 Å². The molecule has 0 bridgehead atoms. The average molecular weight is 262 g/mol. The maximum Gasteiger partial charge on any atom is 0.0417 e. The Hall–Kier alpha value is -0.860. The van der Waals surface area contributed by atoms with Crippen LogP contribution in [0.3, 0.4) is 0 Å². The van der Waals surface area contributed by atoms with Crippen molar-refractivity contribution in [3.05, 3.63) is 46.4 Å². The van der Waals surface area contributed by atoms with Crippen molar-refractivity contribution in [2.45, 2.75) is 18.4 Å². The number of rotatable bonds is 1. The molecule has 2 aromatic rings. The molecule has 0 spiro atoms. The highest BCUT2D eigenvalue weighted by Gasteiger charge is 2.40. The zero-order valence-corrected chi connectivity index (χ0v) is 9.92. The molecule has 1 nitrogen and oxygen atoms in total. The van der Waals surface area contributed by atoms with Crippen LogP contribution in [-0.2, 0) is 5.54 Å². The van der Waals surface area contributed by atoms with Crippen molar-refractivity contribution in [1.82, 2.24) is 0 Å². The minimum absolute atomic E-state index is 0.0553. The van der Waals surface area contributed by atoms with Crippen LogP contribution in [0, 0.1) is 0 Å². The smallest absolute Gasteiger partial charge is 0.0417 e. The van der Waals surface area contributed by atoms with Crippen molar-refractivity contribution >= 4 is 26.7 Å². The fraction of sp³-hybridized carbons (Fsp3) is 0.231. The SMILES string of the molecule is NC1(c2cccc3ccc(Br)cc23)CC1. The Morgan fingerprint density at radius 2 is 1.93 bits per heavy atom. The molecular formula is C13H12BrN. The van der Waals surface area contributed by atoms with Crippen LogP contribution in [0.25, 0.3) is 10.8 Å². The normalized spacial score (nSPS) is 18.0. The molecule has 1 aliphatic rings. The Balaban J connectivity index is 2.33. The summed E-state index contributed by atoms with van der Waals surface area (Å²) >= 11 is 3.51. The van der Waals surface area contributed by atoms with Crippen LogP contribution in [0.5, 0.6) is 0 Å². The molecule has 0 amide bonds. The summed E-state index contributed by atoms with van der Waals surface area (Å²) in [6.45, 7) is 0. The molecule has 0 radical (unpaired) electrons. The topological polar surface area (TPSA) is 26.0 Å². The van der Waals surface area contributed by atoms with E-state index in [9.17, 15) is 0 Å². The maximum atomic E-state index is 6.27. The summed E-state index contributed by atoms with van der Waals surface area (Å²) in [7, 11) is 0. The molecule has 0 saturated heterocycles. The number of nitrogens with two attached hydrogens (primary N) is 1. The predicted octanol–water partition coefficient (Wildman–Crippen LogP) is 3.55. The Kier molecular flexibility index (Phi) is 1.91.